The van der Waals surface area contributed by atoms with Gasteiger partial charge in [0, 0.05) is 18.7 Å². The molecule has 0 aromatic heterocycles. The second kappa shape index (κ2) is 8.17. The van der Waals surface area contributed by atoms with Gasteiger partial charge in [-0.25, -0.2) is 4.79 Å². The fraction of sp³-hybridized carbons (Fsp3) is 0.364. The number of amides is 1. The van der Waals surface area contributed by atoms with Crippen LogP contribution < -0.4 is 0 Å². The lowest BCUT2D eigenvalue weighted by molar-refractivity contribution is 0.0681. The van der Waals surface area contributed by atoms with Crippen molar-refractivity contribution >= 4 is 11.9 Å². The summed E-state index contributed by atoms with van der Waals surface area (Å²) in [7, 11) is 0. The quantitative estimate of drug-likeness (QED) is 0.884. The molecule has 1 aliphatic heterocycles. The number of hydrogen-bond acceptors (Lipinski definition) is 2. The van der Waals surface area contributed by atoms with Crippen molar-refractivity contribution < 1.29 is 14.7 Å². The van der Waals surface area contributed by atoms with Crippen LogP contribution >= 0.6 is 0 Å². The molecule has 2 aromatic rings. The predicted octanol–water partition coefficient (Wildman–Crippen LogP) is 4.04. The molecule has 1 N–H and O–H groups in total. The van der Waals surface area contributed by atoms with Gasteiger partial charge in [0.25, 0.3) is 5.91 Å². The Morgan fingerprint density at radius 1 is 1.08 bits per heavy atom. The summed E-state index contributed by atoms with van der Waals surface area (Å²) < 4.78 is 0. The van der Waals surface area contributed by atoms with Crippen LogP contribution in [0.3, 0.4) is 0 Å². The molecule has 0 radical (unpaired) electrons. The first-order chi connectivity index (χ1) is 12.6. The fourth-order valence-electron chi connectivity index (χ4n) is 3.71. The SMILES string of the molecule is CCc1ccccc1C(=O)N1CCC(Cc2cccc(C(=O)O)c2)CC1. The van der Waals surface area contributed by atoms with Crippen molar-refractivity contribution in [3.05, 3.63) is 70.8 Å². The second-order valence-corrected chi connectivity index (χ2v) is 6.96. The molecule has 0 bridgehead atoms. The Kier molecular flexibility index (Phi) is 5.71. The van der Waals surface area contributed by atoms with Crippen LogP contribution in [0.15, 0.2) is 48.5 Å². The highest BCUT2D eigenvalue weighted by Gasteiger charge is 2.24. The molecule has 0 atom stereocenters. The van der Waals surface area contributed by atoms with Crippen LogP contribution in [0.5, 0.6) is 0 Å². The molecule has 4 heteroatoms. The van der Waals surface area contributed by atoms with Gasteiger partial charge in [-0.1, -0.05) is 37.3 Å². The number of rotatable bonds is 5. The number of hydrogen-bond donors (Lipinski definition) is 1. The lowest BCUT2D eigenvalue weighted by atomic mass is 9.89. The largest absolute Gasteiger partial charge is 0.478 e. The molecule has 26 heavy (non-hydrogen) atoms. The maximum absolute atomic E-state index is 12.8. The van der Waals surface area contributed by atoms with Gasteiger partial charge in [-0.3, -0.25) is 4.79 Å². The molecule has 4 nitrogen and oxygen atoms in total. The molecule has 2 aromatic carbocycles. The van der Waals surface area contributed by atoms with Gasteiger partial charge in [-0.05, 0) is 60.9 Å². The smallest absolute Gasteiger partial charge is 0.335 e. The topological polar surface area (TPSA) is 57.6 Å². The molecule has 0 aliphatic carbocycles. The van der Waals surface area contributed by atoms with Crippen LogP contribution in [0.25, 0.3) is 0 Å². The summed E-state index contributed by atoms with van der Waals surface area (Å²) in [5, 5.41) is 9.12. The number of carbonyl (C=O) groups is 2. The summed E-state index contributed by atoms with van der Waals surface area (Å²) in [5.41, 5.74) is 3.32. The lowest BCUT2D eigenvalue weighted by Gasteiger charge is -2.32. The van der Waals surface area contributed by atoms with Crippen molar-refractivity contribution in [1.29, 1.82) is 0 Å². The molecule has 1 heterocycles. The van der Waals surface area contributed by atoms with Crippen molar-refractivity contribution in [2.45, 2.75) is 32.6 Å². The summed E-state index contributed by atoms with van der Waals surface area (Å²) in [6.07, 6.45) is 3.64. The van der Waals surface area contributed by atoms with E-state index in [-0.39, 0.29) is 5.91 Å². The van der Waals surface area contributed by atoms with E-state index in [4.69, 9.17) is 5.11 Å². The molecule has 1 saturated heterocycles. The Bertz CT molecular complexity index is 791. The second-order valence-electron chi connectivity index (χ2n) is 6.96. The highest BCUT2D eigenvalue weighted by atomic mass is 16.4. The van der Waals surface area contributed by atoms with Gasteiger partial charge < -0.3 is 10.0 Å². The normalized spacial score (nSPS) is 15.0. The zero-order valence-electron chi connectivity index (χ0n) is 15.1. The van der Waals surface area contributed by atoms with E-state index >= 15 is 0 Å². The maximum Gasteiger partial charge on any atom is 0.335 e. The van der Waals surface area contributed by atoms with Gasteiger partial charge in [0.15, 0.2) is 0 Å². The highest BCUT2D eigenvalue weighted by molar-refractivity contribution is 5.95. The van der Waals surface area contributed by atoms with E-state index in [2.05, 4.69) is 6.92 Å². The fourth-order valence-corrected chi connectivity index (χ4v) is 3.71. The molecule has 1 aliphatic rings. The number of aromatic carboxylic acids is 1. The minimum absolute atomic E-state index is 0.133. The highest BCUT2D eigenvalue weighted by Crippen LogP contribution is 2.24. The molecule has 0 spiro atoms. The Morgan fingerprint density at radius 2 is 1.81 bits per heavy atom. The third-order valence-electron chi connectivity index (χ3n) is 5.23. The number of benzene rings is 2. The van der Waals surface area contributed by atoms with Crippen LogP contribution in [0, 0.1) is 5.92 Å². The number of nitrogens with zero attached hydrogens (tertiary/aromatic N) is 1. The van der Waals surface area contributed by atoms with E-state index in [1.807, 2.05) is 35.2 Å². The van der Waals surface area contributed by atoms with E-state index < -0.39 is 5.97 Å². The van der Waals surface area contributed by atoms with Gasteiger partial charge in [-0.2, -0.15) is 0 Å². The summed E-state index contributed by atoms with van der Waals surface area (Å²) >= 11 is 0. The number of aryl methyl sites for hydroxylation is 1. The molecule has 1 amide bonds. The van der Waals surface area contributed by atoms with Gasteiger partial charge in [0.2, 0.25) is 0 Å². The predicted molar refractivity (Wildman–Crippen MR) is 102 cm³/mol. The zero-order chi connectivity index (χ0) is 18.5. The van der Waals surface area contributed by atoms with Gasteiger partial charge in [0.05, 0.1) is 5.56 Å². The Labute approximate surface area is 154 Å². The summed E-state index contributed by atoms with van der Waals surface area (Å²) in [6.45, 7) is 3.60. The number of likely N-dealkylation sites (tertiary alicyclic amines) is 1. The first kappa shape index (κ1) is 18.2. The number of carbonyl (C=O) groups excluding carboxylic acids is 1. The van der Waals surface area contributed by atoms with E-state index in [0.29, 0.717) is 11.5 Å². The first-order valence-corrected chi connectivity index (χ1v) is 9.28. The summed E-state index contributed by atoms with van der Waals surface area (Å²) in [6, 6.07) is 15.0. The average molecular weight is 351 g/mol. The van der Waals surface area contributed by atoms with Crippen molar-refractivity contribution in [3.8, 4) is 0 Å². The summed E-state index contributed by atoms with van der Waals surface area (Å²) in [4.78, 5) is 25.9. The van der Waals surface area contributed by atoms with E-state index in [0.717, 1.165) is 55.5 Å². The third-order valence-corrected chi connectivity index (χ3v) is 5.23. The zero-order valence-corrected chi connectivity index (χ0v) is 15.1. The first-order valence-electron chi connectivity index (χ1n) is 9.28. The molecule has 1 fully saturated rings. The minimum atomic E-state index is -0.887. The van der Waals surface area contributed by atoms with Crippen molar-refractivity contribution in [2.24, 2.45) is 5.92 Å². The number of piperidine rings is 1. The van der Waals surface area contributed by atoms with E-state index in [1.165, 1.54) is 0 Å². The van der Waals surface area contributed by atoms with Crippen molar-refractivity contribution in [2.75, 3.05) is 13.1 Å². The maximum atomic E-state index is 12.8. The molecule has 3 rings (SSSR count). The van der Waals surface area contributed by atoms with Crippen molar-refractivity contribution in [3.63, 3.8) is 0 Å². The Hall–Kier alpha value is -2.62. The number of carboxylic acids is 1. The minimum Gasteiger partial charge on any atom is -0.478 e. The van der Waals surface area contributed by atoms with Gasteiger partial charge in [0.1, 0.15) is 0 Å². The molecular formula is C22H25NO3. The standard InChI is InChI=1S/C22H25NO3/c1-2-18-7-3-4-9-20(18)21(24)23-12-10-16(11-13-23)14-17-6-5-8-19(15-17)22(25)26/h3-9,15-16H,2,10-14H2,1H3,(H,25,26). The van der Waals surface area contributed by atoms with Gasteiger partial charge >= 0.3 is 5.97 Å². The summed E-state index contributed by atoms with van der Waals surface area (Å²) in [5.74, 6) is -0.264. The van der Waals surface area contributed by atoms with Crippen molar-refractivity contribution in [1.82, 2.24) is 4.90 Å². The average Bonchev–Trinajstić information content (AvgIpc) is 2.68. The Balaban J connectivity index is 1.60. The third kappa shape index (κ3) is 4.13. The molecular weight excluding hydrogens is 326 g/mol. The molecule has 0 unspecified atom stereocenters. The number of carboxylic acid groups (broad SMARTS) is 1. The van der Waals surface area contributed by atoms with Gasteiger partial charge in [-0.15, -0.1) is 0 Å². The van der Waals surface area contributed by atoms with Crippen LogP contribution in [0.1, 0.15) is 51.6 Å². The molecule has 136 valence electrons. The monoisotopic (exact) mass is 351 g/mol. The van der Waals surface area contributed by atoms with Crippen LogP contribution in [0.4, 0.5) is 0 Å². The van der Waals surface area contributed by atoms with Crippen LogP contribution in [0.2, 0.25) is 0 Å². The van der Waals surface area contributed by atoms with E-state index in [9.17, 15) is 9.59 Å². The molecule has 0 saturated carbocycles. The van der Waals surface area contributed by atoms with E-state index in [1.54, 1.807) is 18.2 Å². The Morgan fingerprint density at radius 3 is 2.50 bits per heavy atom. The van der Waals surface area contributed by atoms with Crippen LogP contribution in [-0.4, -0.2) is 35.0 Å². The lowest BCUT2D eigenvalue weighted by Crippen LogP contribution is -2.39. The van der Waals surface area contributed by atoms with Crippen LogP contribution in [-0.2, 0) is 12.8 Å².